The van der Waals surface area contributed by atoms with E-state index in [1.807, 2.05) is 13.8 Å². The molecule has 3 nitrogen and oxygen atoms in total. The van der Waals surface area contributed by atoms with Crippen molar-refractivity contribution < 1.29 is 23.1 Å². The van der Waals surface area contributed by atoms with Crippen LogP contribution in [0.1, 0.15) is 59.3 Å². The first-order valence-electron chi connectivity index (χ1n) is 7.83. The zero-order valence-electron chi connectivity index (χ0n) is 13.2. The fourth-order valence-electron chi connectivity index (χ4n) is 2.21. The number of hydrogen-bond acceptors (Lipinski definition) is 2. The molecule has 0 rings (SSSR count). The fourth-order valence-corrected chi connectivity index (χ4v) is 2.21. The lowest BCUT2D eigenvalue weighted by Crippen LogP contribution is -2.48. The Hall–Kier alpha value is -0.780. The van der Waals surface area contributed by atoms with Crippen molar-refractivity contribution in [1.82, 2.24) is 4.90 Å². The molecule has 0 aliphatic carbocycles. The number of alkyl halides is 3. The quantitative estimate of drug-likeness (QED) is 0.667. The summed E-state index contributed by atoms with van der Waals surface area (Å²) in [5.41, 5.74) is 0. The van der Waals surface area contributed by atoms with E-state index in [1.165, 1.54) is 4.90 Å². The van der Waals surface area contributed by atoms with Crippen LogP contribution in [0.3, 0.4) is 0 Å². The Morgan fingerprint density at radius 3 is 1.86 bits per heavy atom. The minimum absolute atomic E-state index is 0.0225. The topological polar surface area (TPSA) is 40.5 Å². The summed E-state index contributed by atoms with van der Waals surface area (Å²) in [6.45, 7) is 6.18. The summed E-state index contributed by atoms with van der Waals surface area (Å²) in [5.74, 6) is -3.28. The highest BCUT2D eigenvalue weighted by atomic mass is 19.4. The predicted octanol–water partition coefficient (Wildman–Crippen LogP) is 3.75. The van der Waals surface area contributed by atoms with E-state index in [4.69, 9.17) is 0 Å². The lowest BCUT2D eigenvalue weighted by atomic mass is 9.96. The van der Waals surface area contributed by atoms with E-state index in [0.29, 0.717) is 32.4 Å². The van der Waals surface area contributed by atoms with Crippen LogP contribution in [0.15, 0.2) is 0 Å². The molecule has 6 heteroatoms. The molecule has 0 unspecified atom stereocenters. The molecule has 0 fully saturated rings. The highest BCUT2D eigenvalue weighted by molar-refractivity contribution is 5.80. The first-order chi connectivity index (χ1) is 9.79. The van der Waals surface area contributed by atoms with Crippen molar-refractivity contribution in [3.63, 3.8) is 0 Å². The molecule has 0 aliphatic rings. The van der Waals surface area contributed by atoms with Crippen LogP contribution >= 0.6 is 0 Å². The normalized spacial score (nSPS) is 14.8. The van der Waals surface area contributed by atoms with E-state index in [9.17, 15) is 23.1 Å². The minimum atomic E-state index is -4.71. The third kappa shape index (κ3) is 7.16. The van der Waals surface area contributed by atoms with Gasteiger partial charge in [0.25, 0.3) is 0 Å². The van der Waals surface area contributed by atoms with Gasteiger partial charge in [0.05, 0.1) is 6.10 Å². The van der Waals surface area contributed by atoms with Gasteiger partial charge in [0, 0.05) is 13.1 Å². The number of rotatable bonds is 10. The average Bonchev–Trinajstić information content (AvgIpc) is 2.37. The van der Waals surface area contributed by atoms with Crippen molar-refractivity contribution >= 4 is 5.91 Å². The Bertz CT molecular complexity index is 287. The lowest BCUT2D eigenvalue weighted by Gasteiger charge is -2.31. The number of halogens is 3. The van der Waals surface area contributed by atoms with Crippen LogP contribution in [-0.4, -0.2) is 41.3 Å². The lowest BCUT2D eigenvalue weighted by molar-refractivity contribution is -0.208. The molecule has 0 heterocycles. The van der Waals surface area contributed by atoms with Crippen LogP contribution in [0.5, 0.6) is 0 Å². The van der Waals surface area contributed by atoms with Gasteiger partial charge in [-0.05, 0) is 19.3 Å². The second kappa shape index (κ2) is 10.0. The predicted molar refractivity (Wildman–Crippen MR) is 76.9 cm³/mol. The number of carbonyl (C=O) groups excluding carboxylic acids is 1. The number of hydrogen-bond donors (Lipinski definition) is 1. The number of aliphatic hydroxyl groups excluding tert-OH is 1. The Morgan fingerprint density at radius 2 is 1.52 bits per heavy atom. The molecule has 1 amide bonds. The van der Waals surface area contributed by atoms with Crippen LogP contribution in [-0.2, 0) is 4.79 Å². The van der Waals surface area contributed by atoms with Gasteiger partial charge in [0.15, 0.2) is 5.92 Å². The second-order valence-corrected chi connectivity index (χ2v) is 5.41. The van der Waals surface area contributed by atoms with E-state index in [-0.39, 0.29) is 6.42 Å². The monoisotopic (exact) mass is 311 g/mol. The van der Waals surface area contributed by atoms with Gasteiger partial charge >= 0.3 is 6.18 Å². The second-order valence-electron chi connectivity index (χ2n) is 5.41. The Kier molecular flexibility index (Phi) is 9.66. The molecule has 0 bridgehead atoms. The molecule has 0 saturated carbocycles. The minimum Gasteiger partial charge on any atom is -0.392 e. The first kappa shape index (κ1) is 20.2. The number of nitrogens with zero attached hydrogens (tertiary/aromatic N) is 1. The molecule has 0 aromatic heterocycles. The third-order valence-electron chi connectivity index (χ3n) is 3.46. The SMILES string of the molecule is CCCCN(CCCC)C(=O)[C@H]([C@H](O)CCC)C(F)(F)F. The zero-order chi connectivity index (χ0) is 16.5. The standard InChI is InChI=1S/C15H28F3NO2/c1-4-7-10-19(11-8-5-2)14(21)13(15(16,17)18)12(20)9-6-3/h12-13,20H,4-11H2,1-3H3/t12-,13+/m1/s1. The maximum absolute atomic E-state index is 13.1. The summed E-state index contributed by atoms with van der Waals surface area (Å²) in [6.07, 6.45) is -3.02. The van der Waals surface area contributed by atoms with Gasteiger partial charge in [-0.25, -0.2) is 0 Å². The van der Waals surface area contributed by atoms with Crippen molar-refractivity contribution in [2.24, 2.45) is 5.92 Å². The number of unbranched alkanes of at least 4 members (excludes halogenated alkanes) is 2. The van der Waals surface area contributed by atoms with E-state index < -0.39 is 24.1 Å². The van der Waals surface area contributed by atoms with Gasteiger partial charge in [-0.15, -0.1) is 0 Å². The van der Waals surface area contributed by atoms with E-state index in [2.05, 4.69) is 0 Å². The summed E-state index contributed by atoms with van der Waals surface area (Å²) in [7, 11) is 0. The van der Waals surface area contributed by atoms with Gasteiger partial charge in [-0.1, -0.05) is 40.0 Å². The molecule has 1 N–H and O–H groups in total. The van der Waals surface area contributed by atoms with Crippen molar-refractivity contribution in [3.8, 4) is 0 Å². The fraction of sp³-hybridized carbons (Fsp3) is 0.933. The maximum Gasteiger partial charge on any atom is 0.403 e. The summed E-state index contributed by atoms with van der Waals surface area (Å²) in [5, 5.41) is 9.75. The molecule has 0 aliphatic heterocycles. The molecule has 0 aromatic rings. The van der Waals surface area contributed by atoms with Crippen LogP contribution in [0.2, 0.25) is 0 Å². The Balaban J connectivity index is 5.08. The Morgan fingerprint density at radius 1 is 1.05 bits per heavy atom. The van der Waals surface area contributed by atoms with Crippen molar-refractivity contribution in [2.45, 2.75) is 71.6 Å². The first-order valence-corrected chi connectivity index (χ1v) is 7.83. The van der Waals surface area contributed by atoms with Crippen LogP contribution in [0, 0.1) is 5.92 Å². The molecule has 0 saturated heterocycles. The number of carbonyl (C=O) groups is 1. The third-order valence-corrected chi connectivity index (χ3v) is 3.46. The maximum atomic E-state index is 13.1. The highest BCUT2D eigenvalue weighted by Gasteiger charge is 2.50. The molecular weight excluding hydrogens is 283 g/mol. The zero-order valence-corrected chi connectivity index (χ0v) is 13.2. The molecule has 0 aromatic carbocycles. The molecule has 2 atom stereocenters. The number of aliphatic hydroxyl groups is 1. The number of amides is 1. The van der Waals surface area contributed by atoms with Crippen molar-refractivity contribution in [1.29, 1.82) is 0 Å². The molecule has 0 radical (unpaired) electrons. The summed E-state index contributed by atoms with van der Waals surface area (Å²) >= 11 is 0. The van der Waals surface area contributed by atoms with E-state index in [1.54, 1.807) is 6.92 Å². The molecule has 0 spiro atoms. The van der Waals surface area contributed by atoms with Crippen LogP contribution in [0.25, 0.3) is 0 Å². The largest absolute Gasteiger partial charge is 0.403 e. The summed E-state index contributed by atoms with van der Waals surface area (Å²) in [4.78, 5) is 13.5. The molecule has 21 heavy (non-hydrogen) atoms. The van der Waals surface area contributed by atoms with Crippen molar-refractivity contribution in [3.05, 3.63) is 0 Å². The average molecular weight is 311 g/mol. The van der Waals surface area contributed by atoms with E-state index >= 15 is 0 Å². The highest BCUT2D eigenvalue weighted by Crippen LogP contribution is 2.32. The summed E-state index contributed by atoms with van der Waals surface area (Å²) in [6, 6.07) is 0. The van der Waals surface area contributed by atoms with Gasteiger partial charge in [-0.2, -0.15) is 13.2 Å². The van der Waals surface area contributed by atoms with Gasteiger partial charge in [0.1, 0.15) is 0 Å². The summed E-state index contributed by atoms with van der Waals surface area (Å²) < 4.78 is 39.4. The van der Waals surface area contributed by atoms with E-state index in [0.717, 1.165) is 12.8 Å². The Labute approximate surface area is 125 Å². The van der Waals surface area contributed by atoms with Crippen molar-refractivity contribution in [2.75, 3.05) is 13.1 Å². The van der Waals surface area contributed by atoms with Crippen LogP contribution in [0.4, 0.5) is 13.2 Å². The van der Waals surface area contributed by atoms with Crippen LogP contribution < -0.4 is 0 Å². The van der Waals surface area contributed by atoms with Gasteiger partial charge in [0.2, 0.25) is 5.91 Å². The smallest absolute Gasteiger partial charge is 0.392 e. The molecular formula is C15H28F3NO2. The van der Waals surface area contributed by atoms with Gasteiger partial charge in [-0.3, -0.25) is 4.79 Å². The molecule has 126 valence electrons. The van der Waals surface area contributed by atoms with Gasteiger partial charge < -0.3 is 10.0 Å².